The lowest BCUT2D eigenvalue weighted by atomic mass is 10.1. The molecule has 0 saturated carbocycles. The van der Waals surface area contributed by atoms with Crippen molar-refractivity contribution in [3.63, 3.8) is 0 Å². The van der Waals surface area contributed by atoms with E-state index in [1.165, 1.54) is 17.0 Å². The van der Waals surface area contributed by atoms with Crippen molar-refractivity contribution < 1.29 is 19.6 Å². The number of aromatic carboxylic acids is 1. The fourth-order valence-corrected chi connectivity index (χ4v) is 2.20. The minimum atomic E-state index is -1.28. The van der Waals surface area contributed by atoms with Crippen LogP contribution in [0.5, 0.6) is 0 Å². The number of carboxylic acids is 1. The van der Waals surface area contributed by atoms with Crippen LogP contribution in [0.25, 0.3) is 0 Å². The van der Waals surface area contributed by atoms with E-state index in [0.717, 1.165) is 6.07 Å². The van der Waals surface area contributed by atoms with Crippen molar-refractivity contribution in [1.29, 1.82) is 0 Å². The molecule has 0 heterocycles. The standard InChI is InChI=1S/C14H18N2O5/c1-8(2)15(9(3)4)13(17)11-6-5-10(14(18)19)7-12(11)16(20)21/h5-9H,1-4H3,(H,18,19). The molecule has 0 unspecified atom stereocenters. The van der Waals surface area contributed by atoms with Gasteiger partial charge in [-0.1, -0.05) is 0 Å². The summed E-state index contributed by atoms with van der Waals surface area (Å²) in [6, 6.07) is 3.05. The lowest BCUT2D eigenvalue weighted by Crippen LogP contribution is -2.42. The molecule has 7 heteroatoms. The van der Waals surface area contributed by atoms with Crippen molar-refractivity contribution in [1.82, 2.24) is 4.90 Å². The van der Waals surface area contributed by atoms with Crippen molar-refractivity contribution in [3.05, 3.63) is 39.4 Å². The summed E-state index contributed by atoms with van der Waals surface area (Å²) < 4.78 is 0. The van der Waals surface area contributed by atoms with E-state index in [-0.39, 0.29) is 23.2 Å². The van der Waals surface area contributed by atoms with Crippen LogP contribution < -0.4 is 0 Å². The summed E-state index contributed by atoms with van der Waals surface area (Å²) in [4.78, 5) is 35.3. The maximum absolute atomic E-state index is 12.5. The van der Waals surface area contributed by atoms with Crippen LogP contribution in [0.1, 0.15) is 48.4 Å². The minimum Gasteiger partial charge on any atom is -0.478 e. The lowest BCUT2D eigenvalue weighted by molar-refractivity contribution is -0.385. The fourth-order valence-electron chi connectivity index (χ4n) is 2.20. The molecule has 114 valence electrons. The Balaban J connectivity index is 3.38. The smallest absolute Gasteiger partial charge is 0.335 e. The van der Waals surface area contributed by atoms with Crippen LogP contribution in [0.2, 0.25) is 0 Å². The number of carboxylic acid groups (broad SMARTS) is 1. The Morgan fingerprint density at radius 3 is 2.10 bits per heavy atom. The Morgan fingerprint density at radius 2 is 1.71 bits per heavy atom. The molecule has 0 saturated heterocycles. The summed E-state index contributed by atoms with van der Waals surface area (Å²) in [6.45, 7) is 7.26. The van der Waals surface area contributed by atoms with Crippen molar-refractivity contribution in [2.24, 2.45) is 0 Å². The molecule has 7 nitrogen and oxygen atoms in total. The van der Waals surface area contributed by atoms with Crippen molar-refractivity contribution in [3.8, 4) is 0 Å². The normalized spacial score (nSPS) is 10.8. The van der Waals surface area contributed by atoms with Crippen molar-refractivity contribution >= 4 is 17.6 Å². The van der Waals surface area contributed by atoms with Gasteiger partial charge in [-0.05, 0) is 39.8 Å². The number of carbonyl (C=O) groups excluding carboxylic acids is 1. The molecule has 0 radical (unpaired) electrons. The first-order valence-corrected chi connectivity index (χ1v) is 6.51. The Bertz CT molecular complexity index is 573. The van der Waals surface area contributed by atoms with Gasteiger partial charge in [-0.3, -0.25) is 14.9 Å². The molecular weight excluding hydrogens is 276 g/mol. The highest BCUT2D eigenvalue weighted by Crippen LogP contribution is 2.24. The number of carbonyl (C=O) groups is 2. The molecule has 0 aliphatic rings. The molecule has 0 spiro atoms. The quantitative estimate of drug-likeness (QED) is 0.664. The number of hydrogen-bond donors (Lipinski definition) is 1. The second-order valence-corrected chi connectivity index (χ2v) is 5.19. The number of amides is 1. The molecule has 0 aromatic heterocycles. The van der Waals surface area contributed by atoms with Gasteiger partial charge in [-0.15, -0.1) is 0 Å². The first-order valence-electron chi connectivity index (χ1n) is 6.51. The van der Waals surface area contributed by atoms with Gasteiger partial charge in [-0.25, -0.2) is 4.79 Å². The summed E-state index contributed by atoms with van der Waals surface area (Å²) in [5.41, 5.74) is -0.822. The highest BCUT2D eigenvalue weighted by molar-refractivity contribution is 6.00. The van der Waals surface area contributed by atoms with Crippen LogP contribution in [-0.4, -0.2) is 38.9 Å². The molecule has 21 heavy (non-hydrogen) atoms. The molecule has 1 N–H and O–H groups in total. The van der Waals surface area contributed by atoms with E-state index in [9.17, 15) is 19.7 Å². The summed E-state index contributed by atoms with van der Waals surface area (Å²) in [6.07, 6.45) is 0. The Kier molecular flexibility index (Phi) is 5.02. The van der Waals surface area contributed by atoms with Crippen molar-refractivity contribution in [2.75, 3.05) is 0 Å². The van der Waals surface area contributed by atoms with E-state index in [0.29, 0.717) is 0 Å². The number of rotatable bonds is 5. The van der Waals surface area contributed by atoms with Gasteiger partial charge in [0.25, 0.3) is 11.6 Å². The predicted molar refractivity (Wildman–Crippen MR) is 76.5 cm³/mol. The van der Waals surface area contributed by atoms with Crippen LogP contribution in [-0.2, 0) is 0 Å². The molecule has 0 atom stereocenters. The maximum atomic E-state index is 12.5. The molecule has 0 fully saturated rings. The molecule has 0 aliphatic heterocycles. The molecule has 1 rings (SSSR count). The maximum Gasteiger partial charge on any atom is 0.335 e. The zero-order chi connectivity index (χ0) is 16.3. The highest BCUT2D eigenvalue weighted by atomic mass is 16.6. The lowest BCUT2D eigenvalue weighted by Gasteiger charge is -2.30. The average molecular weight is 294 g/mol. The van der Waals surface area contributed by atoms with E-state index < -0.39 is 22.5 Å². The van der Waals surface area contributed by atoms with Crippen LogP contribution in [0.3, 0.4) is 0 Å². The molecular formula is C14H18N2O5. The van der Waals surface area contributed by atoms with Gasteiger partial charge in [0, 0.05) is 18.2 Å². The Labute approximate surface area is 122 Å². The van der Waals surface area contributed by atoms with E-state index in [4.69, 9.17) is 5.11 Å². The number of hydrogen-bond acceptors (Lipinski definition) is 4. The first kappa shape index (κ1) is 16.6. The molecule has 1 aromatic rings. The van der Waals surface area contributed by atoms with E-state index >= 15 is 0 Å². The first-order chi connectivity index (χ1) is 9.66. The number of nitro benzene ring substituents is 1. The SMILES string of the molecule is CC(C)N(C(=O)c1ccc(C(=O)O)cc1[N+](=O)[O-])C(C)C. The highest BCUT2D eigenvalue weighted by Gasteiger charge is 2.28. The summed E-state index contributed by atoms with van der Waals surface area (Å²) in [5.74, 6) is -1.76. The third-order valence-electron chi connectivity index (χ3n) is 3.02. The molecule has 0 bridgehead atoms. The molecule has 1 aromatic carbocycles. The van der Waals surface area contributed by atoms with E-state index in [1.807, 2.05) is 27.7 Å². The third kappa shape index (κ3) is 3.56. The van der Waals surface area contributed by atoms with Crippen molar-refractivity contribution in [2.45, 2.75) is 39.8 Å². The monoisotopic (exact) mass is 294 g/mol. The van der Waals surface area contributed by atoms with Gasteiger partial charge in [0.15, 0.2) is 0 Å². The van der Waals surface area contributed by atoms with Gasteiger partial charge < -0.3 is 10.0 Å². The van der Waals surface area contributed by atoms with Crippen LogP contribution >= 0.6 is 0 Å². The van der Waals surface area contributed by atoms with E-state index in [1.54, 1.807) is 0 Å². The van der Waals surface area contributed by atoms with Crippen LogP contribution in [0, 0.1) is 10.1 Å². The number of nitro groups is 1. The Morgan fingerprint density at radius 1 is 1.19 bits per heavy atom. The largest absolute Gasteiger partial charge is 0.478 e. The van der Waals surface area contributed by atoms with Crippen LogP contribution in [0.4, 0.5) is 5.69 Å². The average Bonchev–Trinajstić information content (AvgIpc) is 2.36. The van der Waals surface area contributed by atoms with Gasteiger partial charge >= 0.3 is 5.97 Å². The fraction of sp³-hybridized carbons (Fsp3) is 0.429. The van der Waals surface area contributed by atoms with Gasteiger partial charge in [0.1, 0.15) is 5.56 Å². The number of nitrogens with zero attached hydrogens (tertiary/aromatic N) is 2. The van der Waals surface area contributed by atoms with Crippen LogP contribution in [0.15, 0.2) is 18.2 Å². The minimum absolute atomic E-state index is 0.104. The molecule has 0 aliphatic carbocycles. The second-order valence-electron chi connectivity index (χ2n) is 5.19. The Hall–Kier alpha value is -2.44. The number of benzene rings is 1. The third-order valence-corrected chi connectivity index (χ3v) is 3.02. The summed E-state index contributed by atoms with van der Waals surface area (Å²) in [7, 11) is 0. The van der Waals surface area contributed by atoms with E-state index in [2.05, 4.69) is 0 Å². The topological polar surface area (TPSA) is 101 Å². The molecule has 1 amide bonds. The van der Waals surface area contributed by atoms with Gasteiger partial charge in [0.2, 0.25) is 0 Å². The predicted octanol–water partition coefficient (Wildman–Crippen LogP) is 2.55. The zero-order valence-corrected chi connectivity index (χ0v) is 12.4. The summed E-state index contributed by atoms with van der Waals surface area (Å²) in [5, 5.41) is 20.0. The summed E-state index contributed by atoms with van der Waals surface area (Å²) >= 11 is 0. The van der Waals surface area contributed by atoms with Gasteiger partial charge in [0.05, 0.1) is 10.5 Å². The van der Waals surface area contributed by atoms with Gasteiger partial charge in [-0.2, -0.15) is 0 Å². The second kappa shape index (κ2) is 6.34. The zero-order valence-electron chi connectivity index (χ0n) is 12.4.